The molecule has 0 aliphatic rings. The summed E-state index contributed by atoms with van der Waals surface area (Å²) in [6, 6.07) is 8.81. The molecule has 136 valence electrons. The van der Waals surface area contributed by atoms with Gasteiger partial charge in [-0.05, 0) is 31.2 Å². The van der Waals surface area contributed by atoms with Crippen LogP contribution in [0.15, 0.2) is 39.3 Å². The second kappa shape index (κ2) is 7.22. The fourth-order valence-electron chi connectivity index (χ4n) is 2.51. The van der Waals surface area contributed by atoms with Crippen LogP contribution in [-0.2, 0) is 6.54 Å². The average molecular weight is 357 g/mol. The Hall–Kier alpha value is -3.42. The summed E-state index contributed by atoms with van der Waals surface area (Å²) in [4.78, 5) is 12.6. The SMILES string of the molecule is COc1ccc(CNC(=O)c2c(-c3ccc(C)o3)noc2N)c(OC)c1. The number of amides is 1. The highest BCUT2D eigenvalue weighted by molar-refractivity contribution is 6.03. The van der Waals surface area contributed by atoms with Crippen LogP contribution in [0.2, 0.25) is 0 Å². The lowest BCUT2D eigenvalue weighted by Crippen LogP contribution is -2.24. The maximum atomic E-state index is 12.6. The molecule has 0 aliphatic heterocycles. The van der Waals surface area contributed by atoms with Crippen molar-refractivity contribution in [3.63, 3.8) is 0 Å². The molecule has 0 bridgehead atoms. The molecule has 3 aromatic rings. The van der Waals surface area contributed by atoms with E-state index in [0.717, 1.165) is 5.56 Å². The minimum Gasteiger partial charge on any atom is -0.497 e. The first-order chi connectivity index (χ1) is 12.5. The lowest BCUT2D eigenvalue weighted by atomic mass is 10.1. The van der Waals surface area contributed by atoms with E-state index in [1.807, 2.05) is 6.07 Å². The highest BCUT2D eigenvalue weighted by atomic mass is 16.5. The van der Waals surface area contributed by atoms with Crippen molar-refractivity contribution in [2.75, 3.05) is 20.0 Å². The predicted molar refractivity (Wildman–Crippen MR) is 94.1 cm³/mol. The molecule has 0 radical (unpaired) electrons. The fraction of sp³-hybridized carbons (Fsp3) is 0.222. The van der Waals surface area contributed by atoms with E-state index in [4.69, 9.17) is 24.1 Å². The molecule has 8 nitrogen and oxygen atoms in total. The van der Waals surface area contributed by atoms with E-state index in [9.17, 15) is 4.79 Å². The number of hydrogen-bond donors (Lipinski definition) is 2. The van der Waals surface area contributed by atoms with Crippen LogP contribution in [0.25, 0.3) is 11.5 Å². The molecule has 2 aromatic heterocycles. The largest absolute Gasteiger partial charge is 0.497 e. The second-order valence-electron chi connectivity index (χ2n) is 5.54. The van der Waals surface area contributed by atoms with Gasteiger partial charge in [0.25, 0.3) is 5.91 Å². The minimum atomic E-state index is -0.425. The molecule has 0 aliphatic carbocycles. The number of furan rings is 1. The van der Waals surface area contributed by atoms with Crippen molar-refractivity contribution in [1.82, 2.24) is 10.5 Å². The van der Waals surface area contributed by atoms with Gasteiger partial charge in [-0.1, -0.05) is 5.16 Å². The smallest absolute Gasteiger partial charge is 0.259 e. The number of nitrogens with one attached hydrogen (secondary N) is 1. The van der Waals surface area contributed by atoms with Gasteiger partial charge in [-0.3, -0.25) is 4.79 Å². The van der Waals surface area contributed by atoms with Crippen molar-refractivity contribution < 1.29 is 23.2 Å². The fourth-order valence-corrected chi connectivity index (χ4v) is 2.51. The van der Waals surface area contributed by atoms with E-state index in [0.29, 0.717) is 23.0 Å². The van der Waals surface area contributed by atoms with Crippen molar-refractivity contribution in [2.45, 2.75) is 13.5 Å². The van der Waals surface area contributed by atoms with Crippen LogP contribution in [0.5, 0.6) is 11.5 Å². The van der Waals surface area contributed by atoms with Gasteiger partial charge in [-0.2, -0.15) is 0 Å². The summed E-state index contributed by atoms with van der Waals surface area (Å²) in [6.45, 7) is 2.02. The second-order valence-corrected chi connectivity index (χ2v) is 5.54. The van der Waals surface area contributed by atoms with Crippen LogP contribution in [0.4, 0.5) is 5.88 Å². The third-order valence-corrected chi connectivity index (χ3v) is 3.85. The van der Waals surface area contributed by atoms with Crippen molar-refractivity contribution in [1.29, 1.82) is 0 Å². The lowest BCUT2D eigenvalue weighted by Gasteiger charge is -2.11. The Morgan fingerprint density at radius 3 is 2.69 bits per heavy atom. The van der Waals surface area contributed by atoms with Gasteiger partial charge < -0.3 is 29.5 Å². The molecular formula is C18H19N3O5. The van der Waals surface area contributed by atoms with Gasteiger partial charge in [0, 0.05) is 18.2 Å². The lowest BCUT2D eigenvalue weighted by molar-refractivity contribution is 0.0951. The number of carbonyl (C=O) groups excluding carboxylic acids is 1. The molecule has 0 fully saturated rings. The average Bonchev–Trinajstić information content (AvgIpc) is 3.24. The zero-order chi connectivity index (χ0) is 18.7. The number of nitrogens with zero attached hydrogens (tertiary/aromatic N) is 1. The molecule has 0 atom stereocenters. The molecular weight excluding hydrogens is 338 g/mol. The van der Waals surface area contributed by atoms with Crippen LogP contribution in [0.1, 0.15) is 21.7 Å². The van der Waals surface area contributed by atoms with E-state index in [-0.39, 0.29) is 23.7 Å². The maximum absolute atomic E-state index is 12.6. The number of nitrogens with two attached hydrogens (primary N) is 1. The molecule has 26 heavy (non-hydrogen) atoms. The number of aryl methyl sites for hydroxylation is 1. The van der Waals surface area contributed by atoms with Crippen molar-refractivity contribution >= 4 is 11.8 Å². The molecule has 0 spiro atoms. The Labute approximate surface area is 149 Å². The molecule has 0 saturated heterocycles. The third-order valence-electron chi connectivity index (χ3n) is 3.85. The zero-order valence-corrected chi connectivity index (χ0v) is 14.7. The van der Waals surface area contributed by atoms with Crippen LogP contribution in [-0.4, -0.2) is 25.3 Å². The molecule has 1 aromatic carbocycles. The van der Waals surface area contributed by atoms with Crippen LogP contribution >= 0.6 is 0 Å². The summed E-state index contributed by atoms with van der Waals surface area (Å²) in [5, 5.41) is 6.63. The van der Waals surface area contributed by atoms with Crippen molar-refractivity contribution in [3.8, 4) is 23.0 Å². The van der Waals surface area contributed by atoms with Crippen LogP contribution in [0, 0.1) is 6.92 Å². The Bertz CT molecular complexity index is 929. The van der Waals surface area contributed by atoms with E-state index in [2.05, 4.69) is 10.5 Å². The van der Waals surface area contributed by atoms with Gasteiger partial charge in [0.05, 0.1) is 14.2 Å². The standard InChI is InChI=1S/C18H19N3O5/c1-10-4-7-13(25-10)16-15(17(19)26-21-16)18(22)20-9-11-5-6-12(23-2)8-14(11)24-3/h4-8H,9,19H2,1-3H3,(H,20,22). The highest BCUT2D eigenvalue weighted by Gasteiger charge is 2.24. The van der Waals surface area contributed by atoms with Crippen LogP contribution in [0.3, 0.4) is 0 Å². The Morgan fingerprint density at radius 2 is 2.04 bits per heavy atom. The Kier molecular flexibility index (Phi) is 4.83. The number of rotatable bonds is 6. The summed E-state index contributed by atoms with van der Waals surface area (Å²) in [5.41, 5.74) is 6.95. The van der Waals surface area contributed by atoms with E-state index >= 15 is 0 Å². The highest BCUT2D eigenvalue weighted by Crippen LogP contribution is 2.29. The number of ether oxygens (including phenoxy) is 2. The Balaban J connectivity index is 1.80. The molecule has 2 heterocycles. The van der Waals surface area contributed by atoms with Crippen molar-refractivity contribution in [3.05, 3.63) is 47.2 Å². The topological polar surface area (TPSA) is 113 Å². The number of nitrogen functional groups attached to an aromatic ring is 1. The summed E-state index contributed by atoms with van der Waals surface area (Å²) in [5.74, 6) is 1.87. The quantitative estimate of drug-likeness (QED) is 0.697. The molecule has 8 heteroatoms. The van der Waals surface area contributed by atoms with Gasteiger partial charge in [0.15, 0.2) is 11.5 Å². The molecule has 3 N–H and O–H groups in total. The van der Waals surface area contributed by atoms with E-state index < -0.39 is 5.91 Å². The van der Waals surface area contributed by atoms with Gasteiger partial charge in [-0.25, -0.2) is 0 Å². The van der Waals surface area contributed by atoms with Gasteiger partial charge in [-0.15, -0.1) is 0 Å². The number of methoxy groups -OCH3 is 2. The normalized spacial score (nSPS) is 10.6. The van der Waals surface area contributed by atoms with Gasteiger partial charge in [0.1, 0.15) is 22.8 Å². The monoisotopic (exact) mass is 357 g/mol. The molecule has 1 amide bonds. The number of aromatic nitrogens is 1. The minimum absolute atomic E-state index is 0.0757. The number of anilines is 1. The predicted octanol–water partition coefficient (Wildman–Crippen LogP) is 2.77. The van der Waals surface area contributed by atoms with Gasteiger partial charge >= 0.3 is 0 Å². The number of hydrogen-bond acceptors (Lipinski definition) is 7. The van der Waals surface area contributed by atoms with Gasteiger partial charge in [0.2, 0.25) is 5.88 Å². The summed E-state index contributed by atoms with van der Waals surface area (Å²) >= 11 is 0. The molecule has 0 saturated carbocycles. The Morgan fingerprint density at radius 1 is 1.23 bits per heavy atom. The number of carbonyl (C=O) groups is 1. The van der Waals surface area contributed by atoms with Crippen LogP contribution < -0.4 is 20.5 Å². The molecule has 3 rings (SSSR count). The first-order valence-electron chi connectivity index (χ1n) is 7.84. The number of benzene rings is 1. The maximum Gasteiger partial charge on any atom is 0.259 e. The first-order valence-corrected chi connectivity index (χ1v) is 7.84. The zero-order valence-electron chi connectivity index (χ0n) is 14.7. The first kappa shape index (κ1) is 17.4. The summed E-state index contributed by atoms with van der Waals surface area (Å²) in [6.07, 6.45) is 0. The summed E-state index contributed by atoms with van der Waals surface area (Å²) in [7, 11) is 3.12. The van der Waals surface area contributed by atoms with E-state index in [1.54, 1.807) is 45.4 Å². The molecule has 0 unspecified atom stereocenters. The summed E-state index contributed by atoms with van der Waals surface area (Å²) < 4.78 is 21.0. The van der Waals surface area contributed by atoms with Crippen molar-refractivity contribution in [2.24, 2.45) is 0 Å². The van der Waals surface area contributed by atoms with E-state index in [1.165, 1.54) is 0 Å². The third kappa shape index (κ3) is 3.34.